The zero-order valence-electron chi connectivity index (χ0n) is 20.7. The third kappa shape index (κ3) is 4.56. The number of piperidine rings is 1. The summed E-state index contributed by atoms with van der Waals surface area (Å²) in [5, 5.41) is 15.6. The minimum Gasteiger partial charge on any atom is -0.379 e. The van der Waals surface area contributed by atoms with Crippen molar-refractivity contribution in [1.29, 1.82) is 0 Å². The van der Waals surface area contributed by atoms with Crippen molar-refractivity contribution in [1.82, 2.24) is 35.7 Å². The lowest BCUT2D eigenvalue weighted by Crippen LogP contribution is -2.52. The Morgan fingerprint density at radius 2 is 1.70 bits per heavy atom. The summed E-state index contributed by atoms with van der Waals surface area (Å²) in [5.41, 5.74) is 6.52. The van der Waals surface area contributed by atoms with Crippen molar-refractivity contribution in [2.24, 2.45) is 0 Å². The molecule has 12 heteroatoms. The van der Waals surface area contributed by atoms with E-state index in [1.54, 1.807) is 11.1 Å². The third-order valence-electron chi connectivity index (χ3n) is 7.65. The van der Waals surface area contributed by atoms with E-state index in [2.05, 4.69) is 26.3 Å². The van der Waals surface area contributed by atoms with Crippen LogP contribution < -0.4 is 16.1 Å². The Morgan fingerprint density at radius 1 is 0.973 bits per heavy atom. The maximum absolute atomic E-state index is 13.6. The number of rotatable bonds is 3. The van der Waals surface area contributed by atoms with Crippen LogP contribution in [0, 0.1) is 0 Å². The highest BCUT2D eigenvalue weighted by Crippen LogP contribution is 2.43. The van der Waals surface area contributed by atoms with E-state index in [0.717, 1.165) is 50.3 Å². The number of fused-ring (bicyclic) bond motifs is 3. The number of nitrogens with one attached hydrogen (secondary N) is 4. The lowest BCUT2D eigenvalue weighted by molar-refractivity contribution is 0.0207. The van der Waals surface area contributed by atoms with E-state index in [-0.39, 0.29) is 17.7 Å². The average molecular weight is 509 g/mol. The van der Waals surface area contributed by atoms with E-state index in [0.29, 0.717) is 61.9 Å². The van der Waals surface area contributed by atoms with Gasteiger partial charge in [0.25, 0.3) is 0 Å². The number of benzene rings is 1. The fourth-order valence-electron chi connectivity index (χ4n) is 5.68. The van der Waals surface area contributed by atoms with Gasteiger partial charge in [0.15, 0.2) is 5.78 Å². The van der Waals surface area contributed by atoms with Crippen LogP contribution in [0.4, 0.5) is 15.3 Å². The number of likely N-dealkylation sites (tertiary alicyclic amines) is 1. The number of ketones is 1. The predicted molar refractivity (Wildman–Crippen MR) is 135 cm³/mol. The molecule has 196 valence electrons. The summed E-state index contributed by atoms with van der Waals surface area (Å²) in [6, 6.07) is 5.13. The molecule has 0 radical (unpaired) electrons. The number of hydrogen-bond donors (Lipinski definition) is 4. The number of aromatic amines is 1. The number of urea groups is 2. The first kappa shape index (κ1) is 23.9. The van der Waals surface area contributed by atoms with E-state index >= 15 is 0 Å². The lowest BCUT2D eigenvalue weighted by Gasteiger charge is -2.37. The zero-order chi connectivity index (χ0) is 25.4. The lowest BCUT2D eigenvalue weighted by atomic mass is 9.90. The molecule has 4 aliphatic rings. The van der Waals surface area contributed by atoms with E-state index in [9.17, 15) is 14.4 Å². The molecule has 0 saturated carbocycles. The number of hydrogen-bond acceptors (Lipinski definition) is 7. The van der Waals surface area contributed by atoms with Crippen LogP contribution in [0.3, 0.4) is 0 Å². The molecule has 1 aromatic carbocycles. The van der Waals surface area contributed by atoms with Gasteiger partial charge in [-0.1, -0.05) is 12.1 Å². The van der Waals surface area contributed by atoms with E-state index in [4.69, 9.17) is 4.74 Å². The molecule has 4 N–H and O–H groups in total. The fraction of sp³-hybridized carbons (Fsp3) is 0.520. The van der Waals surface area contributed by atoms with Crippen molar-refractivity contribution in [2.45, 2.75) is 18.8 Å². The molecular formula is C25H32N8O4. The first-order chi connectivity index (χ1) is 18.1. The van der Waals surface area contributed by atoms with Gasteiger partial charge < -0.3 is 25.2 Å². The van der Waals surface area contributed by atoms with Crippen LogP contribution in [0.15, 0.2) is 18.2 Å². The summed E-state index contributed by atoms with van der Waals surface area (Å²) in [5.74, 6) is -0.0158. The largest absolute Gasteiger partial charge is 0.379 e. The molecular weight excluding hydrogens is 476 g/mol. The number of nitrogens with zero attached hydrogens (tertiary/aromatic N) is 4. The second-order valence-corrected chi connectivity index (χ2v) is 9.86. The molecule has 3 aliphatic heterocycles. The Bertz CT molecular complexity index is 1190. The molecule has 1 aromatic heterocycles. The van der Waals surface area contributed by atoms with Gasteiger partial charge in [-0.3, -0.25) is 15.3 Å². The molecule has 2 aromatic rings. The smallest absolute Gasteiger partial charge is 0.333 e. The number of carbonyl (C=O) groups excluding carboxylic acids is 3. The van der Waals surface area contributed by atoms with Crippen molar-refractivity contribution < 1.29 is 19.1 Å². The van der Waals surface area contributed by atoms with Gasteiger partial charge in [0.1, 0.15) is 5.69 Å². The second kappa shape index (κ2) is 10.1. The van der Waals surface area contributed by atoms with Crippen LogP contribution in [0.1, 0.15) is 40.4 Å². The highest BCUT2D eigenvalue weighted by Gasteiger charge is 2.38. The van der Waals surface area contributed by atoms with Gasteiger partial charge >= 0.3 is 12.1 Å². The molecule has 0 atom stereocenters. The Balaban J connectivity index is 1.14. The average Bonchev–Trinajstić information content (AvgIpc) is 3.49. The molecule has 12 nitrogen and oxygen atoms in total. The molecule has 6 rings (SSSR count). The van der Waals surface area contributed by atoms with Crippen molar-refractivity contribution >= 4 is 23.5 Å². The number of ether oxygens (including phenoxy) is 1. The standard InChI is InChI=1S/C25H32N8O4/c34-23-19-17(2-1-3-18(19)27-24(35)30-33-12-14-37-15-13-33)22-20(23)21(28-29-22)16-4-8-31(9-5-16)25(36)32-10-6-26-7-11-32/h1-3,16,26H,4-15H2,(H,28,29)(H2,27,30,35). The number of piperazine rings is 1. The molecule has 4 amide bonds. The van der Waals surface area contributed by atoms with Crippen molar-refractivity contribution in [3.05, 3.63) is 35.0 Å². The Labute approximate surface area is 214 Å². The third-order valence-corrected chi connectivity index (χ3v) is 7.65. The van der Waals surface area contributed by atoms with Gasteiger partial charge in [-0.15, -0.1) is 0 Å². The number of hydrazine groups is 1. The summed E-state index contributed by atoms with van der Waals surface area (Å²) < 4.78 is 5.32. The number of amides is 4. The molecule has 4 heterocycles. The summed E-state index contributed by atoms with van der Waals surface area (Å²) >= 11 is 0. The Morgan fingerprint density at radius 3 is 2.46 bits per heavy atom. The minimum absolute atomic E-state index is 0.101. The first-order valence-electron chi connectivity index (χ1n) is 13.0. The molecule has 3 saturated heterocycles. The van der Waals surface area contributed by atoms with Crippen molar-refractivity contribution in [3.8, 4) is 11.3 Å². The van der Waals surface area contributed by atoms with Gasteiger partial charge in [-0.25, -0.2) is 14.6 Å². The van der Waals surface area contributed by atoms with Crippen LogP contribution in [-0.2, 0) is 4.74 Å². The van der Waals surface area contributed by atoms with Crippen LogP contribution in [0.2, 0.25) is 0 Å². The second-order valence-electron chi connectivity index (χ2n) is 9.86. The Kier molecular flexibility index (Phi) is 6.53. The summed E-state index contributed by atoms with van der Waals surface area (Å²) in [6.45, 7) is 6.77. The summed E-state index contributed by atoms with van der Waals surface area (Å²) in [4.78, 5) is 43.0. The topological polar surface area (TPSA) is 135 Å². The monoisotopic (exact) mass is 508 g/mol. The normalized spacial score (nSPS) is 20.5. The van der Waals surface area contributed by atoms with Crippen molar-refractivity contribution in [2.75, 3.05) is 70.9 Å². The molecule has 0 unspecified atom stereocenters. The molecule has 0 bridgehead atoms. The zero-order valence-corrected chi connectivity index (χ0v) is 20.7. The number of aromatic nitrogens is 2. The van der Waals surface area contributed by atoms with Gasteiger partial charge in [0, 0.05) is 63.8 Å². The van der Waals surface area contributed by atoms with Gasteiger partial charge in [-0.2, -0.15) is 5.10 Å². The van der Waals surface area contributed by atoms with E-state index in [1.807, 2.05) is 21.9 Å². The molecule has 1 aliphatic carbocycles. The quantitative estimate of drug-likeness (QED) is 0.418. The SMILES string of the molecule is O=C(Nc1cccc2c1C(=O)c1c-2n[nH]c1C1CCN(C(=O)N2CCNCC2)CC1)NN1CCOCC1. The van der Waals surface area contributed by atoms with Crippen LogP contribution in [0.5, 0.6) is 0 Å². The van der Waals surface area contributed by atoms with Crippen LogP contribution in [0.25, 0.3) is 11.3 Å². The number of carbonyl (C=O) groups is 3. The van der Waals surface area contributed by atoms with Gasteiger partial charge in [0.2, 0.25) is 0 Å². The fourth-order valence-corrected chi connectivity index (χ4v) is 5.68. The minimum atomic E-state index is -0.393. The maximum Gasteiger partial charge on any atom is 0.333 e. The number of anilines is 1. The van der Waals surface area contributed by atoms with Crippen LogP contribution >= 0.6 is 0 Å². The van der Waals surface area contributed by atoms with E-state index in [1.165, 1.54) is 0 Å². The molecule has 0 spiro atoms. The first-order valence-corrected chi connectivity index (χ1v) is 13.0. The summed E-state index contributed by atoms with van der Waals surface area (Å²) in [6.07, 6.45) is 1.53. The van der Waals surface area contributed by atoms with Gasteiger partial charge in [-0.05, 0) is 18.9 Å². The number of H-pyrrole nitrogens is 1. The van der Waals surface area contributed by atoms with E-state index < -0.39 is 6.03 Å². The van der Waals surface area contributed by atoms with Crippen molar-refractivity contribution in [3.63, 3.8) is 0 Å². The highest BCUT2D eigenvalue weighted by molar-refractivity contribution is 6.25. The van der Waals surface area contributed by atoms with Gasteiger partial charge in [0.05, 0.1) is 35.7 Å². The summed E-state index contributed by atoms with van der Waals surface area (Å²) in [7, 11) is 0. The highest BCUT2D eigenvalue weighted by atomic mass is 16.5. The van der Waals surface area contributed by atoms with Crippen LogP contribution in [-0.4, -0.2) is 108 Å². The molecule has 37 heavy (non-hydrogen) atoms. The maximum atomic E-state index is 13.6. The predicted octanol–water partition coefficient (Wildman–Crippen LogP) is 1.19. The number of morpholine rings is 1. The Hall–Kier alpha value is -3.48. The molecule has 3 fully saturated rings.